The van der Waals surface area contributed by atoms with Gasteiger partial charge in [-0.05, 0) is 36.2 Å². The highest BCUT2D eigenvalue weighted by atomic mass is 19.2. The molecule has 0 spiro atoms. The van der Waals surface area contributed by atoms with E-state index in [2.05, 4.69) is 25.0 Å². The molecule has 5 rings (SSSR count). The third kappa shape index (κ3) is 4.33. The van der Waals surface area contributed by atoms with Gasteiger partial charge in [0, 0.05) is 32.0 Å². The average molecular weight is 435 g/mol. The van der Waals surface area contributed by atoms with Crippen molar-refractivity contribution in [3.8, 4) is 28.7 Å². The Kier molecular flexibility index (Phi) is 5.55. The van der Waals surface area contributed by atoms with Gasteiger partial charge in [0.1, 0.15) is 17.5 Å². The summed E-state index contributed by atoms with van der Waals surface area (Å²) >= 11 is 0. The molecule has 162 valence electrons. The predicted octanol–water partition coefficient (Wildman–Crippen LogP) is 4.13. The lowest BCUT2D eigenvalue weighted by molar-refractivity contribution is 0.198. The van der Waals surface area contributed by atoms with Crippen LogP contribution in [0.3, 0.4) is 0 Å². The lowest BCUT2D eigenvalue weighted by Gasteiger charge is -2.18. The fraction of sp³-hybridized carbons (Fsp3) is 0.217. The van der Waals surface area contributed by atoms with Crippen LogP contribution in [0.15, 0.2) is 65.6 Å². The number of hydrogen-bond acceptors (Lipinski definition) is 7. The normalized spacial score (nSPS) is 16.4. The third-order valence-electron chi connectivity index (χ3n) is 5.25. The second-order valence-electron chi connectivity index (χ2n) is 7.52. The molecule has 2 aromatic carbocycles. The van der Waals surface area contributed by atoms with Gasteiger partial charge < -0.3 is 9.26 Å². The van der Waals surface area contributed by atoms with Gasteiger partial charge in [-0.3, -0.25) is 9.88 Å². The van der Waals surface area contributed by atoms with E-state index in [-0.39, 0.29) is 6.10 Å². The van der Waals surface area contributed by atoms with Crippen LogP contribution in [0.2, 0.25) is 0 Å². The van der Waals surface area contributed by atoms with E-state index in [4.69, 9.17) is 9.26 Å². The maximum atomic E-state index is 13.5. The van der Waals surface area contributed by atoms with E-state index in [0.29, 0.717) is 41.8 Å². The SMILES string of the molecule is Fc1ccc(CN2CCC(Oc3ccccc3-c3nc(-c4cnccn4)no3)C2)cc1F. The number of hydrogen-bond donors (Lipinski definition) is 0. The summed E-state index contributed by atoms with van der Waals surface area (Å²) in [6.45, 7) is 2.00. The summed E-state index contributed by atoms with van der Waals surface area (Å²) in [5.41, 5.74) is 1.94. The van der Waals surface area contributed by atoms with Crippen molar-refractivity contribution in [2.75, 3.05) is 13.1 Å². The van der Waals surface area contributed by atoms with Crippen LogP contribution in [0.1, 0.15) is 12.0 Å². The molecule has 4 aromatic rings. The average Bonchev–Trinajstić information content (AvgIpc) is 3.47. The van der Waals surface area contributed by atoms with Crippen molar-refractivity contribution in [2.45, 2.75) is 19.1 Å². The molecule has 1 atom stereocenters. The Morgan fingerprint density at radius 3 is 2.84 bits per heavy atom. The number of para-hydroxylation sites is 1. The van der Waals surface area contributed by atoms with Crippen molar-refractivity contribution in [1.29, 1.82) is 0 Å². The summed E-state index contributed by atoms with van der Waals surface area (Å²) in [4.78, 5) is 14.8. The van der Waals surface area contributed by atoms with Crippen LogP contribution in [0.4, 0.5) is 8.78 Å². The molecule has 0 radical (unpaired) electrons. The first kappa shape index (κ1) is 20.2. The second kappa shape index (κ2) is 8.80. The van der Waals surface area contributed by atoms with Crippen LogP contribution in [-0.4, -0.2) is 44.2 Å². The highest BCUT2D eigenvalue weighted by molar-refractivity contribution is 5.64. The number of likely N-dealkylation sites (tertiary alicyclic amines) is 1. The molecule has 1 aliphatic rings. The molecule has 0 bridgehead atoms. The standard InChI is InChI=1S/C23H19F2N5O2/c24-18-6-5-15(11-19(18)25)13-30-10-7-16(14-30)31-21-4-2-1-3-17(21)23-28-22(29-32-23)20-12-26-8-9-27-20/h1-6,8-9,11-12,16H,7,10,13-14H2. The van der Waals surface area contributed by atoms with Crippen molar-refractivity contribution < 1.29 is 18.0 Å². The van der Waals surface area contributed by atoms with E-state index in [1.165, 1.54) is 6.07 Å². The third-order valence-corrected chi connectivity index (χ3v) is 5.25. The molecule has 3 heterocycles. The molecule has 0 aliphatic carbocycles. The van der Waals surface area contributed by atoms with Gasteiger partial charge in [-0.15, -0.1) is 0 Å². The summed E-state index contributed by atoms with van der Waals surface area (Å²) in [6, 6.07) is 11.5. The van der Waals surface area contributed by atoms with Crippen LogP contribution in [0.5, 0.6) is 5.75 Å². The molecule has 1 unspecified atom stereocenters. The van der Waals surface area contributed by atoms with Crippen LogP contribution in [-0.2, 0) is 6.54 Å². The summed E-state index contributed by atoms with van der Waals surface area (Å²) in [6.07, 6.45) is 5.47. The first-order valence-corrected chi connectivity index (χ1v) is 10.2. The van der Waals surface area contributed by atoms with E-state index < -0.39 is 11.6 Å². The van der Waals surface area contributed by atoms with E-state index >= 15 is 0 Å². The van der Waals surface area contributed by atoms with Crippen LogP contribution in [0, 0.1) is 11.6 Å². The van der Waals surface area contributed by atoms with Crippen molar-refractivity contribution in [3.05, 3.63) is 78.3 Å². The zero-order chi connectivity index (χ0) is 21.9. The lowest BCUT2D eigenvalue weighted by Crippen LogP contribution is -2.24. The molecule has 9 heteroatoms. The van der Waals surface area contributed by atoms with Gasteiger partial charge in [0.2, 0.25) is 5.82 Å². The smallest absolute Gasteiger partial charge is 0.262 e. The summed E-state index contributed by atoms with van der Waals surface area (Å²) in [7, 11) is 0. The monoisotopic (exact) mass is 435 g/mol. The summed E-state index contributed by atoms with van der Waals surface area (Å²) < 4.78 is 38.3. The molecular weight excluding hydrogens is 416 g/mol. The van der Waals surface area contributed by atoms with Gasteiger partial charge in [0.15, 0.2) is 11.6 Å². The minimum Gasteiger partial charge on any atom is -0.488 e. The predicted molar refractivity (Wildman–Crippen MR) is 111 cm³/mol. The fourth-order valence-electron chi connectivity index (χ4n) is 3.71. The molecule has 7 nitrogen and oxygen atoms in total. The van der Waals surface area contributed by atoms with Crippen molar-refractivity contribution in [3.63, 3.8) is 0 Å². The number of aromatic nitrogens is 4. The Balaban J connectivity index is 1.28. The van der Waals surface area contributed by atoms with E-state index in [1.54, 1.807) is 24.7 Å². The van der Waals surface area contributed by atoms with Crippen LogP contribution < -0.4 is 4.74 Å². The van der Waals surface area contributed by atoms with Gasteiger partial charge in [0.25, 0.3) is 5.89 Å². The molecule has 0 amide bonds. The maximum absolute atomic E-state index is 13.5. The van der Waals surface area contributed by atoms with Gasteiger partial charge in [-0.1, -0.05) is 23.4 Å². The Bertz CT molecular complexity index is 1220. The maximum Gasteiger partial charge on any atom is 0.262 e. The Labute approximate surface area is 182 Å². The van der Waals surface area contributed by atoms with Gasteiger partial charge in [0.05, 0.1) is 11.8 Å². The van der Waals surface area contributed by atoms with Crippen molar-refractivity contribution in [1.82, 2.24) is 25.0 Å². The minimum absolute atomic E-state index is 0.0520. The number of rotatable bonds is 6. The quantitative estimate of drug-likeness (QED) is 0.451. The molecule has 0 N–H and O–H groups in total. The fourth-order valence-corrected chi connectivity index (χ4v) is 3.71. The molecule has 1 aliphatic heterocycles. The zero-order valence-corrected chi connectivity index (χ0v) is 17.0. The van der Waals surface area contributed by atoms with Gasteiger partial charge >= 0.3 is 0 Å². The minimum atomic E-state index is -0.837. The summed E-state index contributed by atoms with van der Waals surface area (Å²) in [5, 5.41) is 4.00. The first-order chi connectivity index (χ1) is 15.7. The Hall–Kier alpha value is -3.72. The molecule has 32 heavy (non-hydrogen) atoms. The van der Waals surface area contributed by atoms with E-state index in [0.717, 1.165) is 24.6 Å². The number of halogens is 2. The summed E-state index contributed by atoms with van der Waals surface area (Å²) in [5.74, 6) is -0.346. The molecular formula is C23H19F2N5O2. The van der Waals surface area contributed by atoms with Crippen molar-refractivity contribution >= 4 is 0 Å². The van der Waals surface area contributed by atoms with E-state index in [9.17, 15) is 8.78 Å². The largest absolute Gasteiger partial charge is 0.488 e. The van der Waals surface area contributed by atoms with Crippen molar-refractivity contribution in [2.24, 2.45) is 0 Å². The topological polar surface area (TPSA) is 77.2 Å². The molecule has 1 fully saturated rings. The first-order valence-electron chi connectivity index (χ1n) is 10.2. The number of benzene rings is 2. The zero-order valence-electron chi connectivity index (χ0n) is 17.0. The highest BCUT2D eigenvalue weighted by Crippen LogP contribution is 2.31. The number of nitrogens with zero attached hydrogens (tertiary/aromatic N) is 5. The lowest BCUT2D eigenvalue weighted by atomic mass is 10.2. The molecule has 2 aromatic heterocycles. The van der Waals surface area contributed by atoms with Gasteiger partial charge in [-0.2, -0.15) is 4.98 Å². The molecule has 0 saturated carbocycles. The second-order valence-corrected chi connectivity index (χ2v) is 7.52. The number of ether oxygens (including phenoxy) is 1. The molecule has 1 saturated heterocycles. The Morgan fingerprint density at radius 1 is 1.09 bits per heavy atom. The van der Waals surface area contributed by atoms with Gasteiger partial charge in [-0.25, -0.2) is 13.8 Å². The van der Waals surface area contributed by atoms with E-state index in [1.807, 2.05) is 24.3 Å². The highest BCUT2D eigenvalue weighted by Gasteiger charge is 2.26. The van der Waals surface area contributed by atoms with Crippen LogP contribution >= 0.6 is 0 Å². The van der Waals surface area contributed by atoms with Crippen LogP contribution in [0.25, 0.3) is 23.0 Å². The Morgan fingerprint density at radius 2 is 2.00 bits per heavy atom.